The zero-order valence-corrected chi connectivity index (χ0v) is 13.0. The van der Waals surface area contributed by atoms with E-state index in [1.54, 1.807) is 16.0 Å². The first-order valence-electron chi connectivity index (χ1n) is 6.29. The van der Waals surface area contributed by atoms with Gasteiger partial charge in [0.25, 0.3) is 10.0 Å². The van der Waals surface area contributed by atoms with E-state index in [4.69, 9.17) is 5.73 Å². The summed E-state index contributed by atoms with van der Waals surface area (Å²) in [7, 11) is 0.326. The molecule has 2 aromatic rings. The van der Waals surface area contributed by atoms with Crippen molar-refractivity contribution in [1.29, 1.82) is 0 Å². The SMILES string of the molecule is CN(C)C1CCN(S(=O)(=O)c2c(N)nc3sccn23)C1. The normalized spacial score (nSPS) is 21.2. The Kier molecular flexibility index (Phi) is 3.24. The molecule has 2 aromatic heterocycles. The largest absolute Gasteiger partial charge is 0.381 e. The van der Waals surface area contributed by atoms with Gasteiger partial charge < -0.3 is 10.6 Å². The van der Waals surface area contributed by atoms with Gasteiger partial charge in [-0.1, -0.05) is 0 Å². The third-order valence-corrected chi connectivity index (χ3v) is 6.35. The summed E-state index contributed by atoms with van der Waals surface area (Å²) in [6.45, 7) is 1.01. The van der Waals surface area contributed by atoms with Crippen molar-refractivity contribution < 1.29 is 8.42 Å². The van der Waals surface area contributed by atoms with Gasteiger partial charge in [-0.15, -0.1) is 11.3 Å². The molecule has 0 radical (unpaired) electrons. The van der Waals surface area contributed by atoms with Crippen LogP contribution in [-0.4, -0.2) is 60.2 Å². The monoisotopic (exact) mass is 315 g/mol. The zero-order valence-electron chi connectivity index (χ0n) is 11.4. The van der Waals surface area contributed by atoms with Crippen molar-refractivity contribution >= 4 is 32.1 Å². The summed E-state index contributed by atoms with van der Waals surface area (Å²) in [4.78, 5) is 6.76. The molecule has 1 aliphatic rings. The fraction of sp³-hybridized carbons (Fsp3) is 0.545. The van der Waals surface area contributed by atoms with E-state index in [0.717, 1.165) is 6.42 Å². The molecule has 1 unspecified atom stereocenters. The van der Waals surface area contributed by atoms with Crippen molar-refractivity contribution in [3.8, 4) is 0 Å². The highest BCUT2D eigenvalue weighted by Crippen LogP contribution is 2.28. The van der Waals surface area contributed by atoms with Gasteiger partial charge in [-0.25, -0.2) is 13.4 Å². The van der Waals surface area contributed by atoms with E-state index < -0.39 is 10.0 Å². The molecule has 0 aromatic carbocycles. The second kappa shape index (κ2) is 4.69. The number of imidazole rings is 1. The van der Waals surface area contributed by atoms with Crippen LogP contribution in [0.2, 0.25) is 0 Å². The molecule has 3 heterocycles. The maximum atomic E-state index is 12.8. The van der Waals surface area contributed by atoms with E-state index in [9.17, 15) is 8.42 Å². The van der Waals surface area contributed by atoms with Crippen LogP contribution in [0.3, 0.4) is 0 Å². The number of hydrogen-bond donors (Lipinski definition) is 1. The minimum atomic E-state index is -3.60. The van der Waals surface area contributed by atoms with Crippen molar-refractivity contribution in [2.45, 2.75) is 17.5 Å². The second-order valence-electron chi connectivity index (χ2n) is 5.13. The Labute approximate surface area is 121 Å². The van der Waals surface area contributed by atoms with Crippen molar-refractivity contribution in [3.63, 3.8) is 0 Å². The number of nitrogens with two attached hydrogens (primary N) is 1. The molecule has 0 saturated carbocycles. The number of nitrogens with zero attached hydrogens (tertiary/aromatic N) is 4. The Balaban J connectivity index is 2.00. The number of sulfonamides is 1. The highest BCUT2D eigenvalue weighted by Gasteiger charge is 2.36. The summed E-state index contributed by atoms with van der Waals surface area (Å²) >= 11 is 1.37. The van der Waals surface area contributed by atoms with E-state index >= 15 is 0 Å². The lowest BCUT2D eigenvalue weighted by atomic mass is 10.2. The molecule has 2 N–H and O–H groups in total. The number of hydrogen-bond acceptors (Lipinski definition) is 6. The zero-order chi connectivity index (χ0) is 14.5. The summed E-state index contributed by atoms with van der Waals surface area (Å²) < 4.78 is 28.6. The standard InChI is InChI=1S/C11H17N5O2S2/c1-14(2)8-3-4-15(7-8)20(17,18)10-9(12)13-11-16(10)5-6-19-11/h5-6,8H,3-4,7,12H2,1-2H3. The molecule has 3 rings (SSSR count). The molecule has 20 heavy (non-hydrogen) atoms. The average molecular weight is 315 g/mol. The van der Waals surface area contributed by atoms with Crippen molar-refractivity contribution in [3.05, 3.63) is 11.6 Å². The number of fused-ring (bicyclic) bond motifs is 1. The minimum Gasteiger partial charge on any atom is -0.381 e. The van der Waals surface area contributed by atoms with Crippen LogP contribution in [0.15, 0.2) is 16.6 Å². The van der Waals surface area contributed by atoms with Crippen LogP contribution in [0.1, 0.15) is 6.42 Å². The topological polar surface area (TPSA) is 83.9 Å². The quantitative estimate of drug-likeness (QED) is 0.881. The van der Waals surface area contributed by atoms with Crippen LogP contribution >= 0.6 is 11.3 Å². The lowest BCUT2D eigenvalue weighted by Gasteiger charge is -2.20. The van der Waals surface area contributed by atoms with E-state index in [0.29, 0.717) is 18.1 Å². The van der Waals surface area contributed by atoms with Crippen molar-refractivity contribution in [2.24, 2.45) is 0 Å². The number of aromatic nitrogens is 2. The molecule has 0 aliphatic carbocycles. The minimum absolute atomic E-state index is 0.0742. The first-order valence-corrected chi connectivity index (χ1v) is 8.61. The van der Waals surface area contributed by atoms with E-state index in [1.165, 1.54) is 15.6 Å². The van der Waals surface area contributed by atoms with Crippen molar-refractivity contribution in [2.75, 3.05) is 32.9 Å². The maximum Gasteiger partial charge on any atom is 0.262 e. The molecular formula is C11H17N5O2S2. The highest BCUT2D eigenvalue weighted by atomic mass is 32.2. The van der Waals surface area contributed by atoms with Gasteiger partial charge in [-0.05, 0) is 20.5 Å². The summed E-state index contributed by atoms with van der Waals surface area (Å²) in [5.41, 5.74) is 5.80. The molecule has 110 valence electrons. The van der Waals surface area contributed by atoms with Crippen LogP contribution in [0, 0.1) is 0 Å². The van der Waals surface area contributed by atoms with Gasteiger partial charge in [0, 0.05) is 30.7 Å². The van der Waals surface area contributed by atoms with Gasteiger partial charge >= 0.3 is 0 Å². The average Bonchev–Trinajstić information content (AvgIpc) is 3.00. The van der Waals surface area contributed by atoms with E-state index in [-0.39, 0.29) is 16.9 Å². The Bertz CT molecular complexity index is 733. The van der Waals surface area contributed by atoms with Gasteiger partial charge in [0.15, 0.2) is 15.8 Å². The molecule has 1 aliphatic heterocycles. The lowest BCUT2D eigenvalue weighted by molar-refractivity contribution is 0.302. The first kappa shape index (κ1) is 13.8. The lowest BCUT2D eigenvalue weighted by Crippen LogP contribution is -2.35. The number of nitrogen functional groups attached to an aromatic ring is 1. The van der Waals surface area contributed by atoms with Crippen molar-refractivity contribution in [1.82, 2.24) is 18.6 Å². The van der Waals surface area contributed by atoms with E-state index in [1.807, 2.05) is 14.1 Å². The number of thiazole rings is 1. The number of rotatable bonds is 3. The summed E-state index contributed by atoms with van der Waals surface area (Å²) in [6.07, 6.45) is 2.52. The Morgan fingerprint density at radius 2 is 2.25 bits per heavy atom. The van der Waals surface area contributed by atoms with Crippen LogP contribution in [0.5, 0.6) is 0 Å². The molecule has 0 spiro atoms. The Morgan fingerprint density at radius 3 is 2.90 bits per heavy atom. The number of anilines is 1. The fourth-order valence-corrected chi connectivity index (χ4v) is 4.95. The molecular weight excluding hydrogens is 298 g/mol. The van der Waals surface area contributed by atoms with Gasteiger partial charge in [-0.3, -0.25) is 4.40 Å². The van der Waals surface area contributed by atoms with Gasteiger partial charge in [0.2, 0.25) is 0 Å². The maximum absolute atomic E-state index is 12.8. The third kappa shape index (κ3) is 2.01. The first-order chi connectivity index (χ1) is 9.41. The Morgan fingerprint density at radius 1 is 1.50 bits per heavy atom. The van der Waals surface area contributed by atoms with E-state index in [2.05, 4.69) is 9.88 Å². The van der Waals surface area contributed by atoms with Gasteiger partial charge in [-0.2, -0.15) is 4.31 Å². The summed E-state index contributed by atoms with van der Waals surface area (Å²) in [5.74, 6) is 0.0742. The molecule has 1 saturated heterocycles. The van der Waals surface area contributed by atoms with Crippen LogP contribution < -0.4 is 5.73 Å². The van der Waals surface area contributed by atoms with Gasteiger partial charge in [0.05, 0.1) is 0 Å². The number of likely N-dealkylation sites (N-methyl/N-ethyl adjacent to an activating group) is 1. The van der Waals surface area contributed by atoms with Crippen LogP contribution in [0.25, 0.3) is 4.96 Å². The second-order valence-corrected chi connectivity index (χ2v) is 7.85. The fourth-order valence-electron chi connectivity index (χ4n) is 2.51. The molecule has 1 fully saturated rings. The molecule has 1 atom stereocenters. The molecule has 9 heteroatoms. The third-order valence-electron chi connectivity index (χ3n) is 3.68. The summed E-state index contributed by atoms with van der Waals surface area (Å²) in [6, 6.07) is 0.247. The molecule has 0 amide bonds. The molecule has 7 nitrogen and oxygen atoms in total. The summed E-state index contributed by atoms with van der Waals surface area (Å²) in [5, 5.41) is 1.89. The molecule has 0 bridgehead atoms. The van der Waals surface area contributed by atoms with Gasteiger partial charge in [0.1, 0.15) is 0 Å². The Hall–Kier alpha value is -1.16. The predicted molar refractivity (Wildman–Crippen MR) is 78.3 cm³/mol. The smallest absolute Gasteiger partial charge is 0.262 e. The van der Waals surface area contributed by atoms with Crippen LogP contribution in [-0.2, 0) is 10.0 Å². The highest BCUT2D eigenvalue weighted by molar-refractivity contribution is 7.89. The predicted octanol–water partition coefficient (Wildman–Crippen LogP) is 0.303. The van der Waals surface area contributed by atoms with Crippen LogP contribution in [0.4, 0.5) is 5.82 Å².